The van der Waals surface area contributed by atoms with Crippen LogP contribution in [0, 0.1) is 17.3 Å². The first-order chi connectivity index (χ1) is 15.2. The van der Waals surface area contributed by atoms with Gasteiger partial charge in [0.05, 0.1) is 6.10 Å². The number of hydrogen-bond acceptors (Lipinski definition) is 2. The van der Waals surface area contributed by atoms with Crippen LogP contribution in [-0.2, 0) is 10.8 Å². The highest BCUT2D eigenvalue weighted by molar-refractivity contribution is 6.48. The van der Waals surface area contributed by atoms with Gasteiger partial charge < -0.3 is 4.43 Å². The minimum absolute atomic E-state index is 0.192. The molecular weight excluding hydrogens is 408 g/mol. The van der Waals surface area contributed by atoms with E-state index in [1.165, 1.54) is 11.1 Å². The molecule has 0 bridgehead atoms. The van der Waals surface area contributed by atoms with E-state index >= 15 is 0 Å². The van der Waals surface area contributed by atoms with Gasteiger partial charge in [0, 0.05) is 12.0 Å². The van der Waals surface area contributed by atoms with Gasteiger partial charge in [-0.25, -0.2) is 0 Å². The summed E-state index contributed by atoms with van der Waals surface area (Å²) >= 11 is 0. The molecule has 1 aliphatic carbocycles. The van der Waals surface area contributed by atoms with Crippen molar-refractivity contribution in [1.82, 2.24) is 0 Å². The Morgan fingerprint density at radius 3 is 2.38 bits per heavy atom. The molecule has 1 radical (unpaired) electrons. The Morgan fingerprint density at radius 2 is 1.69 bits per heavy atom. The first-order valence-corrected chi connectivity index (χ1v) is 14.5. The Morgan fingerprint density at radius 1 is 1.00 bits per heavy atom. The molecule has 3 unspecified atom stereocenters. The average Bonchev–Trinajstić information content (AvgIpc) is 2.75. The normalized spacial score (nSPS) is 18.7. The zero-order valence-electron chi connectivity index (χ0n) is 20.4. The van der Waals surface area contributed by atoms with Crippen molar-refractivity contribution in [3.05, 3.63) is 83.4 Å². The Hall–Kier alpha value is -1.97. The minimum Gasteiger partial charge on any atom is -0.410 e. The van der Waals surface area contributed by atoms with Gasteiger partial charge in [-0.2, -0.15) is 0 Å². The lowest BCUT2D eigenvalue weighted by Crippen LogP contribution is -2.21. The molecule has 3 rings (SSSR count). The number of carbonyl (C=O) groups excluding carboxylic acids is 1. The number of fused-ring (bicyclic) bond motifs is 1. The van der Waals surface area contributed by atoms with Crippen LogP contribution in [0.25, 0.3) is 0 Å². The Bertz CT molecular complexity index is 895. The highest BCUT2D eigenvalue weighted by atomic mass is 28.3. The minimum atomic E-state index is -0.758. The van der Waals surface area contributed by atoms with Crippen LogP contribution in [0.5, 0.6) is 0 Å². The van der Waals surface area contributed by atoms with E-state index in [-0.39, 0.29) is 17.3 Å². The second-order valence-electron chi connectivity index (χ2n) is 10.5. The summed E-state index contributed by atoms with van der Waals surface area (Å²) < 4.78 is 6.35. The third kappa shape index (κ3) is 7.01. The number of benzene rings is 2. The van der Waals surface area contributed by atoms with Gasteiger partial charge in [-0.1, -0.05) is 87.5 Å². The van der Waals surface area contributed by atoms with Crippen molar-refractivity contribution in [1.29, 1.82) is 0 Å². The molecule has 2 aromatic carbocycles. The maximum Gasteiger partial charge on any atom is 0.205 e. The van der Waals surface area contributed by atoms with Crippen LogP contribution in [0.1, 0.15) is 74.0 Å². The summed E-state index contributed by atoms with van der Waals surface area (Å²) in [6.45, 7) is 11.4. The van der Waals surface area contributed by atoms with Gasteiger partial charge in [0.2, 0.25) is 9.04 Å². The van der Waals surface area contributed by atoms with Gasteiger partial charge in [-0.15, -0.1) is 0 Å². The molecule has 0 heterocycles. The van der Waals surface area contributed by atoms with E-state index in [1.54, 1.807) is 0 Å². The zero-order valence-corrected chi connectivity index (χ0v) is 21.4. The van der Waals surface area contributed by atoms with Crippen LogP contribution in [0.3, 0.4) is 0 Å². The fourth-order valence-electron chi connectivity index (χ4n) is 4.69. The van der Waals surface area contributed by atoms with Crippen LogP contribution in [0.2, 0.25) is 13.1 Å². The van der Waals surface area contributed by atoms with Crippen LogP contribution in [-0.4, -0.2) is 14.8 Å². The molecule has 32 heavy (non-hydrogen) atoms. The number of rotatable bonds is 9. The SMILES string of the molecule is C[Si](C)OC(CCCC(C=CC1CC(=O)c2ccccc2C1)C(C)(C)C)c1ccccc1. The summed E-state index contributed by atoms with van der Waals surface area (Å²) in [5.41, 5.74) is 3.61. The average molecular weight is 448 g/mol. The van der Waals surface area contributed by atoms with Crippen molar-refractivity contribution < 1.29 is 9.22 Å². The summed E-state index contributed by atoms with van der Waals surface area (Å²) in [5.74, 6) is 1.08. The first kappa shape index (κ1) is 24.7. The molecule has 2 nitrogen and oxygen atoms in total. The number of carbonyl (C=O) groups is 1. The molecule has 0 N–H and O–H groups in total. The van der Waals surface area contributed by atoms with Crippen molar-refractivity contribution in [2.24, 2.45) is 17.3 Å². The van der Waals surface area contributed by atoms with Gasteiger partial charge in [-0.3, -0.25) is 4.79 Å². The highest BCUT2D eigenvalue weighted by Crippen LogP contribution is 2.35. The van der Waals surface area contributed by atoms with Gasteiger partial charge in [0.15, 0.2) is 5.78 Å². The van der Waals surface area contributed by atoms with E-state index in [0.29, 0.717) is 18.3 Å². The van der Waals surface area contributed by atoms with Crippen molar-refractivity contribution in [2.45, 2.75) is 72.1 Å². The largest absolute Gasteiger partial charge is 0.410 e. The summed E-state index contributed by atoms with van der Waals surface area (Å²) in [6, 6.07) is 18.7. The molecular formula is C29H39O2Si. The maximum absolute atomic E-state index is 12.6. The van der Waals surface area contributed by atoms with Crippen LogP contribution >= 0.6 is 0 Å². The van der Waals surface area contributed by atoms with E-state index < -0.39 is 9.04 Å². The quantitative estimate of drug-likeness (QED) is 0.289. The molecule has 3 atom stereocenters. The smallest absolute Gasteiger partial charge is 0.205 e. The van der Waals surface area contributed by atoms with Crippen molar-refractivity contribution in [3.8, 4) is 0 Å². The van der Waals surface area contributed by atoms with E-state index in [0.717, 1.165) is 31.2 Å². The van der Waals surface area contributed by atoms with Crippen molar-refractivity contribution in [2.75, 3.05) is 0 Å². The Labute approximate surface area is 196 Å². The van der Waals surface area contributed by atoms with Crippen LogP contribution < -0.4 is 0 Å². The molecule has 0 saturated heterocycles. The Kier molecular flexibility index (Phi) is 8.67. The van der Waals surface area contributed by atoms with Gasteiger partial charge in [0.25, 0.3) is 0 Å². The van der Waals surface area contributed by atoms with E-state index in [9.17, 15) is 4.79 Å². The fraction of sp³-hybridized carbons (Fsp3) is 0.483. The number of allylic oxidation sites excluding steroid dienone is 2. The van der Waals surface area contributed by atoms with E-state index in [2.05, 4.69) is 82.4 Å². The van der Waals surface area contributed by atoms with Gasteiger partial charge in [-0.05, 0) is 67.2 Å². The second-order valence-corrected chi connectivity index (χ2v) is 12.5. The van der Waals surface area contributed by atoms with Crippen molar-refractivity contribution in [3.63, 3.8) is 0 Å². The molecule has 2 aromatic rings. The van der Waals surface area contributed by atoms with Crippen LogP contribution in [0.4, 0.5) is 0 Å². The molecule has 3 heteroatoms. The third-order valence-electron chi connectivity index (χ3n) is 6.51. The van der Waals surface area contributed by atoms with Crippen molar-refractivity contribution >= 4 is 14.8 Å². The standard InChI is InChI=1S/C29H39O2Si/c1-29(2,3)25(15-11-17-28(31-32(4)5)23-12-7-6-8-13-23)19-18-22-20-24-14-9-10-16-26(24)27(30)21-22/h6-10,12-14,16,18-19,22,25,28H,11,15,17,20-21H2,1-5H3. The molecule has 0 fully saturated rings. The maximum atomic E-state index is 12.6. The monoisotopic (exact) mass is 447 g/mol. The lowest BCUT2D eigenvalue weighted by Gasteiger charge is -2.30. The molecule has 0 aromatic heterocycles. The van der Waals surface area contributed by atoms with Crippen LogP contribution in [0.15, 0.2) is 66.7 Å². The predicted octanol–water partition coefficient (Wildman–Crippen LogP) is 7.83. The summed E-state index contributed by atoms with van der Waals surface area (Å²) in [5, 5.41) is 0. The van der Waals surface area contributed by atoms with E-state index in [4.69, 9.17) is 4.43 Å². The van der Waals surface area contributed by atoms with Gasteiger partial charge >= 0.3 is 0 Å². The highest BCUT2D eigenvalue weighted by Gasteiger charge is 2.26. The summed E-state index contributed by atoms with van der Waals surface area (Å²) in [6.07, 6.45) is 9.84. The fourth-order valence-corrected chi connectivity index (χ4v) is 5.51. The number of ketones is 1. The van der Waals surface area contributed by atoms with E-state index in [1.807, 2.05) is 18.2 Å². The number of hydrogen-bond donors (Lipinski definition) is 0. The third-order valence-corrected chi connectivity index (χ3v) is 7.26. The topological polar surface area (TPSA) is 26.3 Å². The number of Topliss-reactive ketones (excluding diaryl/α,β-unsaturated/α-hetero) is 1. The first-order valence-electron chi connectivity index (χ1n) is 12.0. The molecule has 0 saturated carbocycles. The molecule has 0 amide bonds. The lowest BCUT2D eigenvalue weighted by molar-refractivity contribution is 0.0958. The predicted molar refractivity (Wildman–Crippen MR) is 136 cm³/mol. The lowest BCUT2D eigenvalue weighted by atomic mass is 9.76. The molecule has 1 aliphatic rings. The Balaban J connectivity index is 1.62. The molecule has 171 valence electrons. The second kappa shape index (κ2) is 11.2. The zero-order chi connectivity index (χ0) is 23.1. The summed E-state index contributed by atoms with van der Waals surface area (Å²) in [4.78, 5) is 12.6. The summed E-state index contributed by atoms with van der Waals surface area (Å²) in [7, 11) is -0.758. The van der Waals surface area contributed by atoms with Gasteiger partial charge in [0.1, 0.15) is 0 Å². The molecule has 0 spiro atoms. The molecule has 0 aliphatic heterocycles.